The first-order chi connectivity index (χ1) is 4.86. The predicted octanol–water partition coefficient (Wildman–Crippen LogP) is 0.413. The van der Waals surface area contributed by atoms with Crippen molar-refractivity contribution < 1.29 is 0 Å². The highest BCUT2D eigenvalue weighted by Gasteiger charge is 1.96. The van der Waals surface area contributed by atoms with Crippen LogP contribution in [0.3, 0.4) is 0 Å². The molecule has 0 spiro atoms. The van der Waals surface area contributed by atoms with E-state index in [1.54, 1.807) is 23.0 Å². The molecule has 2 aromatic heterocycles. The van der Waals surface area contributed by atoms with E-state index in [2.05, 4.69) is 27.7 Å². The Hall–Kier alpha value is -1.10. The predicted molar refractivity (Wildman–Crippen MR) is 38.0 cm³/mol. The molecule has 0 aromatic carbocycles. The highest BCUT2D eigenvalue weighted by Crippen LogP contribution is 1.98. The van der Waals surface area contributed by atoms with Crippen LogP contribution >= 0.6 is 12.6 Å². The molecule has 0 bridgehead atoms. The fraction of sp³-hybridized carbons (Fsp3) is 0. The van der Waals surface area contributed by atoms with Gasteiger partial charge < -0.3 is 0 Å². The molecule has 2 heterocycles. The summed E-state index contributed by atoms with van der Waals surface area (Å²) in [5.41, 5.74) is 0. The molecule has 10 heavy (non-hydrogen) atoms. The minimum absolute atomic E-state index is 0.443. The van der Waals surface area contributed by atoms with Gasteiger partial charge >= 0.3 is 0 Å². The lowest BCUT2D eigenvalue weighted by Gasteiger charge is -1.83. The lowest BCUT2D eigenvalue weighted by atomic mass is 10.7. The van der Waals surface area contributed by atoms with Gasteiger partial charge in [-0.2, -0.15) is 4.98 Å². The van der Waals surface area contributed by atoms with Crippen molar-refractivity contribution in [3.63, 3.8) is 0 Å². The van der Waals surface area contributed by atoms with Crippen LogP contribution in [0, 0.1) is 0 Å². The number of nitrogens with zero attached hydrogens (tertiary/aromatic N) is 4. The third-order valence-corrected chi connectivity index (χ3v) is 1.29. The fourth-order valence-electron chi connectivity index (χ4n) is 0.722. The van der Waals surface area contributed by atoms with Crippen molar-refractivity contribution in [2.75, 3.05) is 0 Å². The summed E-state index contributed by atoms with van der Waals surface area (Å²) >= 11 is 3.96. The zero-order valence-corrected chi connectivity index (χ0v) is 5.86. The minimum Gasteiger partial charge on any atom is -0.220 e. The van der Waals surface area contributed by atoms with E-state index in [-0.39, 0.29) is 0 Å². The van der Waals surface area contributed by atoms with Crippen LogP contribution in [0.5, 0.6) is 0 Å². The zero-order valence-electron chi connectivity index (χ0n) is 4.97. The molecule has 0 N–H and O–H groups in total. The molecule has 0 aliphatic rings. The van der Waals surface area contributed by atoms with Crippen molar-refractivity contribution in [1.29, 1.82) is 0 Å². The van der Waals surface area contributed by atoms with E-state index in [0.717, 1.165) is 0 Å². The smallest absolute Gasteiger partial charge is 0.220 e. The second kappa shape index (κ2) is 1.95. The van der Waals surface area contributed by atoms with Crippen molar-refractivity contribution in [2.24, 2.45) is 0 Å². The molecule has 0 atom stereocenters. The molecular weight excluding hydrogens is 148 g/mol. The monoisotopic (exact) mass is 152 g/mol. The Balaban J connectivity index is 2.88. The average Bonchev–Trinajstić information content (AvgIpc) is 2.27. The van der Waals surface area contributed by atoms with E-state index in [1.807, 2.05) is 0 Å². The number of aromatic nitrogens is 4. The summed E-state index contributed by atoms with van der Waals surface area (Å²) in [4.78, 5) is 7.86. The van der Waals surface area contributed by atoms with Crippen LogP contribution < -0.4 is 0 Å². The summed E-state index contributed by atoms with van der Waals surface area (Å²) in [5.74, 6) is 0.576. The molecule has 0 radical (unpaired) electrons. The van der Waals surface area contributed by atoms with Gasteiger partial charge in [-0.25, -0.2) is 9.50 Å². The molecule has 0 unspecified atom stereocenters. The van der Waals surface area contributed by atoms with Gasteiger partial charge in [0.2, 0.25) is 5.16 Å². The first kappa shape index (κ1) is 5.67. The molecule has 0 fully saturated rings. The van der Waals surface area contributed by atoms with Crippen molar-refractivity contribution >= 4 is 18.4 Å². The maximum Gasteiger partial charge on any atom is 0.253 e. The van der Waals surface area contributed by atoms with Crippen molar-refractivity contribution in [2.45, 2.75) is 5.16 Å². The summed E-state index contributed by atoms with van der Waals surface area (Å²) in [6.07, 6.45) is 3.44. The number of fused-ring (bicyclic) bond motifs is 1. The maximum absolute atomic E-state index is 3.96. The Labute approximate surface area is 62.3 Å². The van der Waals surface area contributed by atoms with Crippen LogP contribution in [-0.4, -0.2) is 19.6 Å². The Morgan fingerprint density at radius 3 is 3.20 bits per heavy atom. The van der Waals surface area contributed by atoms with Gasteiger partial charge in [-0.1, -0.05) is 0 Å². The minimum atomic E-state index is 0.443. The standard InChI is InChI=1S/C5H4N4S/c10-5-7-4-6-2-1-3-9(4)8-5/h1-3H,(H,8,10). The van der Waals surface area contributed by atoms with E-state index in [4.69, 9.17) is 0 Å². The topological polar surface area (TPSA) is 43.1 Å². The fourth-order valence-corrected chi connectivity index (χ4v) is 0.908. The van der Waals surface area contributed by atoms with Crippen LogP contribution in [0.1, 0.15) is 0 Å². The Bertz CT molecular complexity index is 322. The van der Waals surface area contributed by atoms with E-state index in [9.17, 15) is 0 Å². The highest BCUT2D eigenvalue weighted by atomic mass is 32.1. The van der Waals surface area contributed by atoms with Crippen LogP contribution in [-0.2, 0) is 0 Å². The molecule has 2 rings (SSSR count). The average molecular weight is 152 g/mol. The molecule has 0 saturated heterocycles. The second-order valence-corrected chi connectivity index (χ2v) is 2.18. The quantitative estimate of drug-likeness (QED) is 0.556. The van der Waals surface area contributed by atoms with Crippen LogP contribution in [0.15, 0.2) is 23.6 Å². The lowest BCUT2D eigenvalue weighted by molar-refractivity contribution is 0.882. The first-order valence-electron chi connectivity index (χ1n) is 2.72. The summed E-state index contributed by atoms with van der Waals surface area (Å²) in [7, 11) is 0. The zero-order chi connectivity index (χ0) is 6.97. The van der Waals surface area contributed by atoms with Crippen LogP contribution in [0.4, 0.5) is 0 Å². The molecule has 4 nitrogen and oxygen atoms in total. The molecule has 50 valence electrons. The van der Waals surface area contributed by atoms with Gasteiger partial charge in [0.25, 0.3) is 5.78 Å². The third-order valence-electron chi connectivity index (χ3n) is 1.11. The van der Waals surface area contributed by atoms with Gasteiger partial charge in [-0.05, 0) is 6.07 Å². The van der Waals surface area contributed by atoms with Gasteiger partial charge in [-0.3, -0.25) is 0 Å². The molecule has 2 aromatic rings. The van der Waals surface area contributed by atoms with Gasteiger partial charge in [-0.15, -0.1) is 17.7 Å². The van der Waals surface area contributed by atoms with E-state index < -0.39 is 0 Å². The molecule has 0 aliphatic carbocycles. The third kappa shape index (κ3) is 0.750. The molecule has 0 amide bonds. The number of thiol groups is 1. The van der Waals surface area contributed by atoms with E-state index >= 15 is 0 Å². The summed E-state index contributed by atoms with van der Waals surface area (Å²) < 4.78 is 1.57. The van der Waals surface area contributed by atoms with E-state index in [0.29, 0.717) is 10.9 Å². The van der Waals surface area contributed by atoms with Crippen LogP contribution in [0.2, 0.25) is 0 Å². The number of hydrogen-bond donors (Lipinski definition) is 1. The summed E-state index contributed by atoms with van der Waals surface area (Å²) in [6, 6.07) is 1.79. The van der Waals surface area contributed by atoms with Crippen molar-refractivity contribution in [1.82, 2.24) is 19.6 Å². The largest absolute Gasteiger partial charge is 0.253 e. The normalized spacial score (nSPS) is 10.5. The van der Waals surface area contributed by atoms with Crippen LogP contribution in [0.25, 0.3) is 5.78 Å². The molecule has 0 saturated carbocycles. The summed E-state index contributed by atoms with van der Waals surface area (Å²) in [6.45, 7) is 0. The van der Waals surface area contributed by atoms with Gasteiger partial charge in [0.15, 0.2) is 0 Å². The lowest BCUT2D eigenvalue weighted by Crippen LogP contribution is -1.86. The first-order valence-corrected chi connectivity index (χ1v) is 3.17. The number of hydrogen-bond acceptors (Lipinski definition) is 4. The van der Waals surface area contributed by atoms with Gasteiger partial charge in [0.05, 0.1) is 0 Å². The second-order valence-electron chi connectivity index (χ2n) is 1.78. The Morgan fingerprint density at radius 2 is 2.40 bits per heavy atom. The maximum atomic E-state index is 3.96. The van der Waals surface area contributed by atoms with E-state index in [1.165, 1.54) is 0 Å². The Kier molecular flexibility index (Phi) is 1.10. The summed E-state index contributed by atoms with van der Waals surface area (Å²) in [5, 5.41) is 4.36. The van der Waals surface area contributed by atoms with Gasteiger partial charge in [0, 0.05) is 12.4 Å². The van der Waals surface area contributed by atoms with Crippen molar-refractivity contribution in [3.8, 4) is 0 Å². The SMILES string of the molecule is Sc1nc2ncccn2n1. The Morgan fingerprint density at radius 1 is 1.50 bits per heavy atom. The molecular formula is C5H4N4S. The molecule has 0 aliphatic heterocycles. The highest BCUT2D eigenvalue weighted by molar-refractivity contribution is 7.80. The molecule has 5 heteroatoms. The number of rotatable bonds is 0. The van der Waals surface area contributed by atoms with Crippen molar-refractivity contribution in [3.05, 3.63) is 18.5 Å². The van der Waals surface area contributed by atoms with Gasteiger partial charge in [0.1, 0.15) is 0 Å².